The average molecular weight is 346 g/mol. The normalized spacial score (nSPS) is 17.3. The Morgan fingerprint density at radius 1 is 0.913 bits per heavy atom. The van der Waals surface area contributed by atoms with Crippen LogP contribution in [-0.4, -0.2) is 27.5 Å². The van der Waals surface area contributed by atoms with Gasteiger partial charge in [-0.2, -0.15) is 26.3 Å². The number of carbonyl (C=O) groups is 1. The van der Waals surface area contributed by atoms with E-state index in [0.29, 0.717) is 4.57 Å². The molecule has 1 aromatic rings. The fourth-order valence-electron chi connectivity index (χ4n) is 2.29. The van der Waals surface area contributed by atoms with Gasteiger partial charge in [-0.05, 0) is 0 Å². The first-order valence-electron chi connectivity index (χ1n) is 5.79. The molecule has 0 saturated heterocycles. The third-order valence-corrected chi connectivity index (χ3v) is 3.42. The van der Waals surface area contributed by atoms with E-state index in [0.717, 1.165) is 19.4 Å². The minimum Gasteiger partial charge on any atom is -0.312 e. The van der Waals surface area contributed by atoms with Crippen LogP contribution in [0.25, 0.3) is 0 Å². The molecule has 2 N–H and O–H groups in total. The molecule has 2 amide bonds. The molecule has 7 nitrogen and oxygen atoms in total. The van der Waals surface area contributed by atoms with Gasteiger partial charge in [0.05, 0.1) is 0 Å². The molecule has 0 atom stereocenters. The number of rotatable bonds is 0. The summed E-state index contributed by atoms with van der Waals surface area (Å²) in [5.74, 6) is -1.17. The van der Waals surface area contributed by atoms with E-state index in [-0.39, 0.29) is 4.57 Å². The highest BCUT2D eigenvalue weighted by atomic mass is 19.4. The SMILES string of the molecule is Cn1c2c(c(=O)n(C)c1=O)C(C(F)(F)F)(C(F)(F)F)NC(=O)N2. The van der Waals surface area contributed by atoms with Crippen LogP contribution >= 0.6 is 0 Å². The Bertz CT molecular complexity index is 789. The summed E-state index contributed by atoms with van der Waals surface area (Å²) in [7, 11) is 1.54. The number of carbonyl (C=O) groups excluding carboxylic acids is 1. The van der Waals surface area contributed by atoms with Gasteiger partial charge in [-0.25, -0.2) is 9.59 Å². The Morgan fingerprint density at radius 2 is 1.39 bits per heavy atom. The van der Waals surface area contributed by atoms with E-state index in [4.69, 9.17) is 0 Å². The van der Waals surface area contributed by atoms with Crippen LogP contribution in [0.2, 0.25) is 0 Å². The number of aromatic nitrogens is 2. The number of nitrogens with zero attached hydrogens (tertiary/aromatic N) is 2. The molecule has 0 bridgehead atoms. The Hall–Kier alpha value is -2.47. The molecule has 1 aliphatic heterocycles. The fourth-order valence-corrected chi connectivity index (χ4v) is 2.29. The summed E-state index contributed by atoms with van der Waals surface area (Å²) in [5.41, 5.74) is -9.79. The van der Waals surface area contributed by atoms with Crippen LogP contribution in [0.1, 0.15) is 5.56 Å². The standard InChI is InChI=1S/C10H8F6N4O3/c1-19-4-3(5(21)20(2)7(19)23)8(9(11,12)13,10(14,15)16)18-6(22)17-4/h1-2H3,(H2,17,18,22). The molecule has 0 saturated carbocycles. The van der Waals surface area contributed by atoms with E-state index >= 15 is 0 Å². The quantitative estimate of drug-likeness (QED) is 0.673. The lowest BCUT2D eigenvalue weighted by Crippen LogP contribution is -2.70. The Morgan fingerprint density at radius 3 is 1.83 bits per heavy atom. The zero-order valence-electron chi connectivity index (χ0n) is 11.4. The minimum absolute atomic E-state index is 0.0875. The Kier molecular flexibility index (Phi) is 3.32. The molecule has 1 aromatic heterocycles. The van der Waals surface area contributed by atoms with Crippen LogP contribution in [-0.2, 0) is 19.6 Å². The van der Waals surface area contributed by atoms with Crippen LogP contribution in [0.5, 0.6) is 0 Å². The van der Waals surface area contributed by atoms with Gasteiger partial charge in [0.2, 0.25) is 0 Å². The molecule has 1 aliphatic rings. The summed E-state index contributed by atoms with van der Waals surface area (Å²) in [6, 6.07) is -1.85. The number of hydrogen-bond donors (Lipinski definition) is 2. The fraction of sp³-hybridized carbons (Fsp3) is 0.500. The lowest BCUT2D eigenvalue weighted by Gasteiger charge is -2.41. The van der Waals surface area contributed by atoms with Gasteiger partial charge in [0.1, 0.15) is 11.4 Å². The smallest absolute Gasteiger partial charge is 0.312 e. The van der Waals surface area contributed by atoms with Crippen LogP contribution in [0.3, 0.4) is 0 Å². The third-order valence-electron chi connectivity index (χ3n) is 3.42. The molecular formula is C10H8F6N4O3. The van der Waals surface area contributed by atoms with E-state index in [1.807, 2.05) is 0 Å². The monoisotopic (exact) mass is 346 g/mol. The molecule has 2 heterocycles. The van der Waals surface area contributed by atoms with Gasteiger partial charge in [0.25, 0.3) is 11.1 Å². The van der Waals surface area contributed by atoms with Gasteiger partial charge < -0.3 is 5.32 Å². The van der Waals surface area contributed by atoms with E-state index < -0.39 is 46.6 Å². The largest absolute Gasteiger partial charge is 0.425 e. The molecule has 0 spiro atoms. The topological polar surface area (TPSA) is 85.1 Å². The van der Waals surface area contributed by atoms with Crippen molar-refractivity contribution in [3.05, 3.63) is 26.4 Å². The van der Waals surface area contributed by atoms with Crippen molar-refractivity contribution in [3.8, 4) is 0 Å². The Balaban J connectivity index is 3.11. The van der Waals surface area contributed by atoms with Crippen LogP contribution < -0.4 is 21.9 Å². The van der Waals surface area contributed by atoms with Gasteiger partial charge in [0.15, 0.2) is 0 Å². The lowest BCUT2D eigenvalue weighted by molar-refractivity contribution is -0.310. The van der Waals surface area contributed by atoms with Crippen LogP contribution in [0.4, 0.5) is 37.0 Å². The number of hydrogen-bond acceptors (Lipinski definition) is 3. The molecule has 13 heteroatoms. The van der Waals surface area contributed by atoms with Crippen molar-refractivity contribution in [2.75, 3.05) is 5.32 Å². The number of alkyl halides is 6. The second-order valence-electron chi connectivity index (χ2n) is 4.75. The van der Waals surface area contributed by atoms with Gasteiger partial charge in [-0.15, -0.1) is 0 Å². The molecule has 23 heavy (non-hydrogen) atoms. The van der Waals surface area contributed by atoms with E-state index in [2.05, 4.69) is 0 Å². The predicted molar refractivity (Wildman–Crippen MR) is 62.9 cm³/mol. The molecule has 0 radical (unpaired) electrons. The van der Waals surface area contributed by atoms with E-state index in [1.54, 1.807) is 5.32 Å². The first-order chi connectivity index (χ1) is 10.3. The van der Waals surface area contributed by atoms with Gasteiger partial charge >= 0.3 is 24.1 Å². The van der Waals surface area contributed by atoms with Crippen LogP contribution in [0.15, 0.2) is 9.59 Å². The van der Waals surface area contributed by atoms with Crippen molar-refractivity contribution in [2.24, 2.45) is 14.1 Å². The zero-order valence-corrected chi connectivity index (χ0v) is 11.4. The summed E-state index contributed by atoms with van der Waals surface area (Å²) in [5, 5.41) is 2.39. The maximum absolute atomic E-state index is 13.3. The number of nitrogens with one attached hydrogen (secondary N) is 2. The molecule has 0 aromatic carbocycles. The summed E-state index contributed by atoms with van der Waals surface area (Å²) in [6.07, 6.45) is -12.2. The second kappa shape index (κ2) is 4.52. The molecular weight excluding hydrogens is 338 g/mol. The first kappa shape index (κ1) is 16.9. The maximum Gasteiger partial charge on any atom is 0.425 e. The maximum atomic E-state index is 13.3. The lowest BCUT2D eigenvalue weighted by atomic mass is 9.87. The minimum atomic E-state index is -6.08. The Labute approximate surface area is 122 Å². The molecule has 0 unspecified atom stereocenters. The summed E-state index contributed by atoms with van der Waals surface area (Å²) < 4.78 is 80.2. The number of fused-ring (bicyclic) bond motifs is 1. The number of urea groups is 1. The van der Waals surface area contributed by atoms with Gasteiger partial charge in [0, 0.05) is 14.1 Å². The van der Waals surface area contributed by atoms with Crippen LogP contribution in [0, 0.1) is 0 Å². The molecule has 2 rings (SSSR count). The zero-order chi connectivity index (χ0) is 18.0. The van der Waals surface area contributed by atoms with Crippen molar-refractivity contribution in [1.82, 2.24) is 14.5 Å². The highest BCUT2D eigenvalue weighted by Gasteiger charge is 2.76. The first-order valence-corrected chi connectivity index (χ1v) is 5.79. The summed E-state index contributed by atoms with van der Waals surface area (Å²) >= 11 is 0. The van der Waals surface area contributed by atoms with Crippen molar-refractivity contribution in [2.45, 2.75) is 17.9 Å². The van der Waals surface area contributed by atoms with E-state index in [1.165, 1.54) is 0 Å². The number of halogens is 6. The van der Waals surface area contributed by atoms with Crippen molar-refractivity contribution >= 4 is 11.8 Å². The summed E-state index contributed by atoms with van der Waals surface area (Å²) in [4.78, 5) is 35.0. The molecule has 128 valence electrons. The second-order valence-corrected chi connectivity index (χ2v) is 4.75. The van der Waals surface area contributed by atoms with Crippen molar-refractivity contribution in [3.63, 3.8) is 0 Å². The highest BCUT2D eigenvalue weighted by Crippen LogP contribution is 2.51. The van der Waals surface area contributed by atoms with Gasteiger partial charge in [-0.3, -0.25) is 19.2 Å². The molecule has 0 aliphatic carbocycles. The van der Waals surface area contributed by atoms with Crippen molar-refractivity contribution in [1.29, 1.82) is 0 Å². The molecule has 0 fully saturated rings. The number of amides is 2. The third kappa shape index (κ3) is 2.02. The summed E-state index contributed by atoms with van der Waals surface area (Å²) in [6.45, 7) is 0. The predicted octanol–water partition coefficient (Wildman–Crippen LogP) is 0.539. The average Bonchev–Trinajstić information content (AvgIpc) is 2.39. The highest BCUT2D eigenvalue weighted by molar-refractivity contribution is 5.93. The van der Waals surface area contributed by atoms with E-state index in [9.17, 15) is 40.7 Å². The van der Waals surface area contributed by atoms with Gasteiger partial charge in [-0.1, -0.05) is 0 Å². The number of anilines is 1. The van der Waals surface area contributed by atoms with Crippen molar-refractivity contribution < 1.29 is 31.1 Å².